The molecule has 2 rings (SSSR count). The molecule has 0 unspecified atom stereocenters. The fourth-order valence-corrected chi connectivity index (χ4v) is 1.55. The number of nitrogens with zero attached hydrogens (tertiary/aromatic N) is 1. The van der Waals surface area contributed by atoms with Crippen molar-refractivity contribution in [1.29, 1.82) is 0 Å². The maximum absolute atomic E-state index is 5.43. The van der Waals surface area contributed by atoms with Crippen LogP contribution < -0.4 is 10.2 Å². The van der Waals surface area contributed by atoms with Crippen molar-refractivity contribution in [2.75, 3.05) is 12.0 Å². The summed E-state index contributed by atoms with van der Waals surface area (Å²) in [5.41, 5.74) is 4.94. The van der Waals surface area contributed by atoms with E-state index in [0.29, 0.717) is 6.61 Å². The highest BCUT2D eigenvalue weighted by atomic mass is 16.5. The Hall–Kier alpha value is -2.29. The molecule has 2 aromatic carbocycles. The second-order valence-corrected chi connectivity index (χ2v) is 3.74. The molecule has 0 aliphatic rings. The second kappa shape index (κ2) is 6.45. The monoisotopic (exact) mass is 240 g/mol. The number of hydrazone groups is 1. The van der Waals surface area contributed by atoms with Crippen LogP contribution in [0.15, 0.2) is 59.7 Å². The van der Waals surface area contributed by atoms with Crippen molar-refractivity contribution in [3.8, 4) is 5.75 Å². The molecule has 0 aliphatic heterocycles. The minimum Gasteiger partial charge on any atom is -0.494 e. The van der Waals surface area contributed by atoms with Gasteiger partial charge in [-0.05, 0) is 36.8 Å². The zero-order valence-corrected chi connectivity index (χ0v) is 10.3. The van der Waals surface area contributed by atoms with Gasteiger partial charge in [-0.2, -0.15) is 5.10 Å². The largest absolute Gasteiger partial charge is 0.494 e. The van der Waals surface area contributed by atoms with Crippen LogP contribution in [0.25, 0.3) is 0 Å². The fourth-order valence-electron chi connectivity index (χ4n) is 1.55. The summed E-state index contributed by atoms with van der Waals surface area (Å²) in [4.78, 5) is 0. The molecule has 0 heterocycles. The van der Waals surface area contributed by atoms with Crippen LogP contribution in [-0.4, -0.2) is 12.8 Å². The van der Waals surface area contributed by atoms with Gasteiger partial charge in [0.2, 0.25) is 0 Å². The summed E-state index contributed by atoms with van der Waals surface area (Å²) in [6, 6.07) is 17.7. The Kier molecular flexibility index (Phi) is 4.36. The van der Waals surface area contributed by atoms with Crippen molar-refractivity contribution >= 4 is 11.9 Å². The molecule has 2 aromatic rings. The maximum atomic E-state index is 5.43. The summed E-state index contributed by atoms with van der Waals surface area (Å²) in [5.74, 6) is 0.862. The minimum atomic E-state index is 0.670. The molecule has 0 bridgehead atoms. The van der Waals surface area contributed by atoms with Crippen LogP contribution in [-0.2, 0) is 0 Å². The highest BCUT2D eigenvalue weighted by Gasteiger charge is 1.93. The second-order valence-electron chi connectivity index (χ2n) is 3.74. The topological polar surface area (TPSA) is 33.6 Å². The third kappa shape index (κ3) is 3.63. The third-order valence-corrected chi connectivity index (χ3v) is 2.35. The molecule has 0 aliphatic carbocycles. The first-order valence-electron chi connectivity index (χ1n) is 5.95. The van der Waals surface area contributed by atoms with E-state index in [2.05, 4.69) is 10.5 Å². The summed E-state index contributed by atoms with van der Waals surface area (Å²) >= 11 is 0. The fraction of sp³-hybridized carbons (Fsp3) is 0.133. The van der Waals surface area contributed by atoms with E-state index in [1.165, 1.54) is 0 Å². The Morgan fingerprint density at radius 3 is 2.72 bits per heavy atom. The first-order valence-corrected chi connectivity index (χ1v) is 5.95. The molecule has 3 heteroatoms. The van der Waals surface area contributed by atoms with Gasteiger partial charge in [-0.25, -0.2) is 0 Å². The Bertz CT molecular complexity index is 509. The molecular weight excluding hydrogens is 224 g/mol. The van der Waals surface area contributed by atoms with Crippen LogP contribution in [0.5, 0.6) is 5.75 Å². The summed E-state index contributed by atoms with van der Waals surface area (Å²) in [6.07, 6.45) is 1.77. The lowest BCUT2D eigenvalue weighted by Gasteiger charge is -2.03. The van der Waals surface area contributed by atoms with E-state index in [1.807, 2.05) is 61.5 Å². The van der Waals surface area contributed by atoms with Crippen molar-refractivity contribution in [2.45, 2.75) is 6.92 Å². The van der Waals surface area contributed by atoms with Gasteiger partial charge in [0.1, 0.15) is 5.75 Å². The molecule has 0 aromatic heterocycles. The molecular formula is C15H16N2O. The highest BCUT2D eigenvalue weighted by molar-refractivity contribution is 5.80. The highest BCUT2D eigenvalue weighted by Crippen LogP contribution is 2.12. The van der Waals surface area contributed by atoms with Gasteiger partial charge in [0, 0.05) is 0 Å². The van der Waals surface area contributed by atoms with Crippen LogP contribution in [0.1, 0.15) is 12.5 Å². The molecule has 0 spiro atoms. The van der Waals surface area contributed by atoms with Crippen molar-refractivity contribution in [3.05, 3.63) is 60.2 Å². The summed E-state index contributed by atoms with van der Waals surface area (Å²) in [7, 11) is 0. The van der Waals surface area contributed by atoms with Gasteiger partial charge < -0.3 is 4.74 Å². The van der Waals surface area contributed by atoms with Crippen molar-refractivity contribution < 1.29 is 4.74 Å². The first kappa shape index (κ1) is 12.2. The lowest BCUT2D eigenvalue weighted by Crippen LogP contribution is -1.93. The number of nitrogens with one attached hydrogen (secondary N) is 1. The van der Waals surface area contributed by atoms with Gasteiger partial charge in [-0.15, -0.1) is 0 Å². The van der Waals surface area contributed by atoms with E-state index in [9.17, 15) is 0 Å². The summed E-state index contributed by atoms with van der Waals surface area (Å²) in [5, 5.41) is 4.18. The standard InChI is InChI=1S/C15H16N2O/c1-2-18-15-10-6-7-13(11-15)12-16-17-14-8-4-3-5-9-14/h3-12,17H,2H2,1H3/b16-12+. The Labute approximate surface area is 107 Å². The number of para-hydroxylation sites is 1. The van der Waals surface area contributed by atoms with E-state index >= 15 is 0 Å². The zero-order chi connectivity index (χ0) is 12.6. The number of hydrogen-bond acceptors (Lipinski definition) is 3. The predicted octanol–water partition coefficient (Wildman–Crippen LogP) is 3.53. The SMILES string of the molecule is CCOc1cccc(/C=N/Nc2ccccc2)c1. The Morgan fingerprint density at radius 2 is 1.94 bits per heavy atom. The first-order chi connectivity index (χ1) is 8.88. The van der Waals surface area contributed by atoms with Crippen molar-refractivity contribution in [1.82, 2.24) is 0 Å². The van der Waals surface area contributed by atoms with Gasteiger partial charge >= 0.3 is 0 Å². The van der Waals surface area contributed by atoms with Crippen LogP contribution in [0, 0.1) is 0 Å². The molecule has 0 fully saturated rings. The molecule has 0 saturated heterocycles. The van der Waals surface area contributed by atoms with Gasteiger partial charge in [-0.3, -0.25) is 5.43 Å². The molecule has 0 atom stereocenters. The van der Waals surface area contributed by atoms with E-state index in [-0.39, 0.29) is 0 Å². The molecule has 1 N–H and O–H groups in total. The number of hydrogen-bond donors (Lipinski definition) is 1. The summed E-state index contributed by atoms with van der Waals surface area (Å²) in [6.45, 7) is 2.64. The number of anilines is 1. The van der Waals surface area contributed by atoms with Crippen molar-refractivity contribution in [2.24, 2.45) is 5.10 Å². The van der Waals surface area contributed by atoms with E-state index in [0.717, 1.165) is 17.0 Å². The molecule has 3 nitrogen and oxygen atoms in total. The average molecular weight is 240 g/mol. The van der Waals surface area contributed by atoms with Crippen LogP contribution in [0.3, 0.4) is 0 Å². The zero-order valence-electron chi connectivity index (χ0n) is 10.3. The normalized spacial score (nSPS) is 10.5. The smallest absolute Gasteiger partial charge is 0.119 e. The van der Waals surface area contributed by atoms with Crippen molar-refractivity contribution in [3.63, 3.8) is 0 Å². The van der Waals surface area contributed by atoms with Crippen LogP contribution >= 0.6 is 0 Å². The van der Waals surface area contributed by atoms with Crippen LogP contribution in [0.2, 0.25) is 0 Å². The van der Waals surface area contributed by atoms with Crippen LogP contribution in [0.4, 0.5) is 5.69 Å². The summed E-state index contributed by atoms with van der Waals surface area (Å²) < 4.78 is 5.43. The lowest BCUT2D eigenvalue weighted by molar-refractivity contribution is 0.340. The number of rotatable bonds is 5. The molecule has 0 saturated carbocycles. The Morgan fingerprint density at radius 1 is 1.11 bits per heavy atom. The average Bonchev–Trinajstić information content (AvgIpc) is 2.41. The number of benzene rings is 2. The Balaban J connectivity index is 1.98. The van der Waals surface area contributed by atoms with Gasteiger partial charge in [0.05, 0.1) is 18.5 Å². The van der Waals surface area contributed by atoms with Gasteiger partial charge in [0.15, 0.2) is 0 Å². The predicted molar refractivity (Wildman–Crippen MR) is 75.3 cm³/mol. The quantitative estimate of drug-likeness (QED) is 0.640. The van der Waals surface area contributed by atoms with Gasteiger partial charge in [-0.1, -0.05) is 30.3 Å². The third-order valence-electron chi connectivity index (χ3n) is 2.35. The lowest BCUT2D eigenvalue weighted by atomic mass is 10.2. The van der Waals surface area contributed by atoms with E-state index < -0.39 is 0 Å². The minimum absolute atomic E-state index is 0.670. The maximum Gasteiger partial charge on any atom is 0.119 e. The number of ether oxygens (including phenoxy) is 1. The molecule has 92 valence electrons. The van der Waals surface area contributed by atoms with Gasteiger partial charge in [0.25, 0.3) is 0 Å². The van der Waals surface area contributed by atoms with E-state index in [1.54, 1.807) is 6.21 Å². The van der Waals surface area contributed by atoms with E-state index in [4.69, 9.17) is 4.74 Å². The molecule has 0 amide bonds. The molecule has 18 heavy (non-hydrogen) atoms. The molecule has 0 radical (unpaired) electrons.